The molecule has 4 aromatic rings. The quantitative estimate of drug-likeness (QED) is 0.353. The number of amides is 2. The van der Waals surface area contributed by atoms with Crippen LogP contribution in [0.25, 0.3) is 0 Å². The van der Waals surface area contributed by atoms with Crippen LogP contribution >= 0.6 is 11.8 Å². The molecule has 0 spiro atoms. The minimum atomic E-state index is -0.316. The lowest BCUT2D eigenvalue weighted by Gasteiger charge is -2.23. The Morgan fingerprint density at radius 1 is 0.833 bits per heavy atom. The third-order valence-electron chi connectivity index (χ3n) is 5.97. The number of benzene rings is 4. The number of carbonyl (C=O) groups is 2. The van der Waals surface area contributed by atoms with Crippen LogP contribution in [0.15, 0.2) is 101 Å². The first kappa shape index (κ1) is 23.5. The standard InChI is InChI=1S/C29H24N2O4S/c1-34-22-15-16-23(25(17-22)35-2)28(32)30-21-13-11-19(12-14-21)29(33)31-18-20-7-3-5-9-26(20)36-27-10-6-4-8-24(27)31/h3-17H,18H2,1-2H3,(H,30,32). The lowest BCUT2D eigenvalue weighted by molar-refractivity contribution is 0.0983. The van der Waals surface area contributed by atoms with Gasteiger partial charge >= 0.3 is 0 Å². The van der Waals surface area contributed by atoms with Crippen LogP contribution in [0.1, 0.15) is 26.3 Å². The number of fused-ring (bicyclic) bond motifs is 2. The summed E-state index contributed by atoms with van der Waals surface area (Å²) in [6.07, 6.45) is 0. The van der Waals surface area contributed by atoms with Gasteiger partial charge in [0.2, 0.25) is 0 Å². The van der Waals surface area contributed by atoms with E-state index in [9.17, 15) is 9.59 Å². The lowest BCUT2D eigenvalue weighted by atomic mass is 10.1. The maximum absolute atomic E-state index is 13.6. The zero-order valence-electron chi connectivity index (χ0n) is 19.9. The zero-order chi connectivity index (χ0) is 25.1. The van der Waals surface area contributed by atoms with Gasteiger partial charge in [0.1, 0.15) is 11.5 Å². The van der Waals surface area contributed by atoms with E-state index in [1.54, 1.807) is 61.3 Å². The molecule has 0 saturated carbocycles. The number of ether oxygens (including phenoxy) is 2. The Bertz CT molecular complexity index is 1440. The van der Waals surface area contributed by atoms with Gasteiger partial charge < -0.3 is 19.7 Å². The predicted octanol–water partition coefficient (Wildman–Crippen LogP) is 6.27. The van der Waals surface area contributed by atoms with Crippen molar-refractivity contribution in [1.82, 2.24) is 0 Å². The summed E-state index contributed by atoms with van der Waals surface area (Å²) < 4.78 is 10.5. The van der Waals surface area contributed by atoms with Crippen molar-refractivity contribution in [3.05, 3.63) is 108 Å². The van der Waals surface area contributed by atoms with Crippen LogP contribution in [-0.4, -0.2) is 26.0 Å². The molecule has 2 amide bonds. The maximum atomic E-state index is 13.6. The first-order chi connectivity index (χ1) is 17.6. The molecule has 36 heavy (non-hydrogen) atoms. The highest BCUT2D eigenvalue weighted by molar-refractivity contribution is 7.99. The van der Waals surface area contributed by atoms with Gasteiger partial charge in [0.05, 0.1) is 32.0 Å². The fourth-order valence-electron chi connectivity index (χ4n) is 4.09. The second kappa shape index (κ2) is 10.2. The molecule has 0 atom stereocenters. The SMILES string of the molecule is COc1ccc(C(=O)Nc2ccc(C(=O)N3Cc4ccccc4Sc4ccccc43)cc2)c(OC)c1. The Morgan fingerprint density at radius 2 is 1.56 bits per heavy atom. The van der Waals surface area contributed by atoms with Gasteiger partial charge in [-0.1, -0.05) is 42.1 Å². The zero-order valence-corrected chi connectivity index (χ0v) is 20.7. The highest BCUT2D eigenvalue weighted by Crippen LogP contribution is 2.41. The molecule has 7 heteroatoms. The highest BCUT2D eigenvalue weighted by Gasteiger charge is 2.25. The minimum Gasteiger partial charge on any atom is -0.497 e. The molecule has 0 aliphatic carbocycles. The molecule has 0 aromatic heterocycles. The van der Waals surface area contributed by atoms with Gasteiger partial charge in [-0.15, -0.1) is 0 Å². The number of methoxy groups -OCH3 is 2. The molecule has 0 unspecified atom stereocenters. The average molecular weight is 497 g/mol. The second-order valence-corrected chi connectivity index (χ2v) is 9.25. The van der Waals surface area contributed by atoms with E-state index in [-0.39, 0.29) is 11.8 Å². The summed E-state index contributed by atoms with van der Waals surface area (Å²) in [5, 5.41) is 2.87. The van der Waals surface area contributed by atoms with Crippen molar-refractivity contribution in [1.29, 1.82) is 0 Å². The van der Waals surface area contributed by atoms with E-state index in [0.717, 1.165) is 21.0 Å². The molecule has 180 valence electrons. The van der Waals surface area contributed by atoms with E-state index < -0.39 is 0 Å². The number of carbonyl (C=O) groups excluding carboxylic acids is 2. The molecule has 4 aromatic carbocycles. The van der Waals surface area contributed by atoms with E-state index in [4.69, 9.17) is 9.47 Å². The number of hydrogen-bond acceptors (Lipinski definition) is 5. The molecule has 6 nitrogen and oxygen atoms in total. The average Bonchev–Trinajstić information content (AvgIpc) is 3.09. The van der Waals surface area contributed by atoms with Crippen molar-refractivity contribution in [2.24, 2.45) is 0 Å². The monoisotopic (exact) mass is 496 g/mol. The summed E-state index contributed by atoms with van der Waals surface area (Å²) in [6, 6.07) is 28.0. The van der Waals surface area contributed by atoms with Gasteiger partial charge in [0.15, 0.2) is 0 Å². The Labute approximate surface area is 213 Å². The van der Waals surface area contributed by atoms with E-state index >= 15 is 0 Å². The number of rotatable bonds is 5. The number of anilines is 2. The molecule has 1 heterocycles. The summed E-state index contributed by atoms with van der Waals surface area (Å²) in [7, 11) is 3.06. The van der Waals surface area contributed by atoms with Crippen molar-refractivity contribution in [2.75, 3.05) is 24.4 Å². The summed E-state index contributed by atoms with van der Waals surface area (Å²) >= 11 is 1.67. The molecule has 0 radical (unpaired) electrons. The van der Waals surface area contributed by atoms with Gasteiger partial charge in [0, 0.05) is 27.1 Å². The molecular weight excluding hydrogens is 472 g/mol. The Kier molecular flexibility index (Phi) is 6.64. The van der Waals surface area contributed by atoms with Gasteiger partial charge in [-0.2, -0.15) is 0 Å². The van der Waals surface area contributed by atoms with Crippen LogP contribution in [0, 0.1) is 0 Å². The molecule has 0 fully saturated rings. The molecule has 1 aliphatic rings. The van der Waals surface area contributed by atoms with Crippen LogP contribution in [0.2, 0.25) is 0 Å². The van der Waals surface area contributed by atoms with E-state index in [1.165, 1.54) is 7.11 Å². The summed E-state index contributed by atoms with van der Waals surface area (Å²) in [4.78, 5) is 30.5. The summed E-state index contributed by atoms with van der Waals surface area (Å²) in [5.74, 6) is 0.595. The van der Waals surface area contributed by atoms with E-state index in [2.05, 4.69) is 17.4 Å². The smallest absolute Gasteiger partial charge is 0.259 e. The third-order valence-corrected chi connectivity index (χ3v) is 7.15. The molecule has 1 aliphatic heterocycles. The van der Waals surface area contributed by atoms with Crippen molar-refractivity contribution in [2.45, 2.75) is 16.3 Å². The predicted molar refractivity (Wildman–Crippen MR) is 141 cm³/mol. The van der Waals surface area contributed by atoms with Crippen LogP contribution < -0.4 is 19.7 Å². The van der Waals surface area contributed by atoms with E-state index in [1.807, 2.05) is 41.3 Å². The molecule has 5 rings (SSSR count). The maximum Gasteiger partial charge on any atom is 0.259 e. The Balaban J connectivity index is 1.38. The first-order valence-corrected chi connectivity index (χ1v) is 12.2. The topological polar surface area (TPSA) is 67.9 Å². The van der Waals surface area contributed by atoms with Crippen LogP contribution in [0.4, 0.5) is 11.4 Å². The summed E-state index contributed by atoms with van der Waals surface area (Å²) in [6.45, 7) is 0.481. The second-order valence-electron chi connectivity index (χ2n) is 8.17. The van der Waals surface area contributed by atoms with Crippen LogP contribution in [-0.2, 0) is 6.54 Å². The minimum absolute atomic E-state index is 0.102. The Hall–Kier alpha value is -4.23. The highest BCUT2D eigenvalue weighted by atomic mass is 32.2. The van der Waals surface area contributed by atoms with Gasteiger partial charge in [-0.25, -0.2) is 0 Å². The third kappa shape index (κ3) is 4.65. The van der Waals surface area contributed by atoms with Crippen molar-refractivity contribution >= 4 is 35.0 Å². The largest absolute Gasteiger partial charge is 0.497 e. The molecule has 0 saturated heterocycles. The van der Waals surface area contributed by atoms with Crippen LogP contribution in [0.3, 0.4) is 0 Å². The van der Waals surface area contributed by atoms with Crippen molar-refractivity contribution in [3.63, 3.8) is 0 Å². The molecule has 1 N–H and O–H groups in total. The fourth-order valence-corrected chi connectivity index (χ4v) is 5.17. The normalized spacial score (nSPS) is 12.1. The van der Waals surface area contributed by atoms with Crippen LogP contribution in [0.5, 0.6) is 11.5 Å². The first-order valence-electron chi connectivity index (χ1n) is 11.4. The van der Waals surface area contributed by atoms with Gasteiger partial charge in [-0.3, -0.25) is 9.59 Å². The number of para-hydroxylation sites is 1. The van der Waals surface area contributed by atoms with E-state index in [0.29, 0.717) is 34.9 Å². The van der Waals surface area contributed by atoms with Gasteiger partial charge in [0.25, 0.3) is 11.8 Å². The number of nitrogens with one attached hydrogen (secondary N) is 1. The molecular formula is C29H24N2O4S. The van der Waals surface area contributed by atoms with Crippen molar-refractivity contribution < 1.29 is 19.1 Å². The fraction of sp³-hybridized carbons (Fsp3) is 0.103. The molecule has 0 bridgehead atoms. The summed E-state index contributed by atoms with van der Waals surface area (Å²) in [5.41, 5.74) is 3.48. The lowest BCUT2D eigenvalue weighted by Crippen LogP contribution is -2.30. The van der Waals surface area contributed by atoms with Crippen molar-refractivity contribution in [3.8, 4) is 11.5 Å². The van der Waals surface area contributed by atoms with Gasteiger partial charge in [-0.05, 0) is 60.2 Å². The number of nitrogens with zero attached hydrogens (tertiary/aromatic N) is 1. The number of hydrogen-bond donors (Lipinski definition) is 1. The Morgan fingerprint density at radius 3 is 2.31 bits per heavy atom.